The molecule has 0 aliphatic carbocycles. The summed E-state index contributed by atoms with van der Waals surface area (Å²) in [6.07, 6.45) is 9.05. The van der Waals surface area contributed by atoms with E-state index in [9.17, 15) is 14.7 Å². The fourth-order valence-electron chi connectivity index (χ4n) is 6.07. The number of likely N-dealkylation sites (tertiary alicyclic amines) is 1. The van der Waals surface area contributed by atoms with Crippen LogP contribution in [0, 0.1) is 11.8 Å². The summed E-state index contributed by atoms with van der Waals surface area (Å²) in [5, 5.41) is 10.5. The summed E-state index contributed by atoms with van der Waals surface area (Å²) in [4.78, 5) is 34.7. The first-order chi connectivity index (χ1) is 17.9. The zero-order valence-corrected chi connectivity index (χ0v) is 22.4. The molecule has 2 unspecified atom stereocenters. The summed E-state index contributed by atoms with van der Waals surface area (Å²) < 4.78 is 5.68. The van der Waals surface area contributed by atoms with Gasteiger partial charge in [-0.15, -0.1) is 0 Å². The average Bonchev–Trinajstić information content (AvgIpc) is 3.49. The van der Waals surface area contributed by atoms with Crippen molar-refractivity contribution in [2.24, 2.45) is 11.8 Å². The van der Waals surface area contributed by atoms with Gasteiger partial charge in [-0.25, -0.2) is 0 Å². The Morgan fingerprint density at radius 2 is 2.08 bits per heavy atom. The van der Waals surface area contributed by atoms with Gasteiger partial charge in [0.25, 0.3) is 0 Å². The molecule has 0 spiro atoms. The van der Waals surface area contributed by atoms with Gasteiger partial charge in [-0.2, -0.15) is 0 Å². The Morgan fingerprint density at radius 3 is 2.78 bits per heavy atom. The first-order valence-electron chi connectivity index (χ1n) is 13.9. The minimum Gasteiger partial charge on any atom is -0.493 e. The summed E-state index contributed by atoms with van der Waals surface area (Å²) in [5.74, 6) is -0.220. The lowest BCUT2D eigenvalue weighted by Crippen LogP contribution is -2.45. The van der Waals surface area contributed by atoms with E-state index in [-0.39, 0.29) is 24.4 Å². The summed E-state index contributed by atoms with van der Waals surface area (Å²) in [5.41, 5.74) is 2.98. The summed E-state index contributed by atoms with van der Waals surface area (Å²) in [6, 6.07) is 9.70. The van der Waals surface area contributed by atoms with E-state index in [1.165, 1.54) is 0 Å². The molecule has 1 aromatic heterocycles. The van der Waals surface area contributed by atoms with Crippen molar-refractivity contribution < 1.29 is 19.4 Å². The van der Waals surface area contributed by atoms with Crippen LogP contribution in [-0.2, 0) is 16.0 Å². The topological polar surface area (TPSA) is 83.0 Å². The Labute approximate surface area is 220 Å². The van der Waals surface area contributed by atoms with Crippen LogP contribution in [0.5, 0.6) is 5.75 Å². The van der Waals surface area contributed by atoms with Crippen LogP contribution in [-0.4, -0.2) is 59.1 Å². The van der Waals surface area contributed by atoms with Crippen LogP contribution in [0.1, 0.15) is 69.9 Å². The fraction of sp³-hybridized carbons (Fsp3) is 0.567. The maximum Gasteiger partial charge on any atom is 0.308 e. The molecule has 1 amide bonds. The van der Waals surface area contributed by atoms with Crippen molar-refractivity contribution in [2.45, 2.75) is 71.3 Å². The Balaban J connectivity index is 1.63. The minimum atomic E-state index is -0.777. The quantitative estimate of drug-likeness (QED) is 0.428. The van der Waals surface area contributed by atoms with E-state index in [0.29, 0.717) is 25.6 Å². The molecule has 7 nitrogen and oxygen atoms in total. The maximum absolute atomic E-state index is 13.7. The van der Waals surface area contributed by atoms with Crippen molar-refractivity contribution in [1.29, 1.82) is 0 Å². The third-order valence-electron chi connectivity index (χ3n) is 7.93. The number of carboxylic acids is 1. The predicted octanol–water partition coefficient (Wildman–Crippen LogP) is 5.14. The van der Waals surface area contributed by atoms with E-state index in [1.54, 1.807) is 12.4 Å². The van der Waals surface area contributed by atoms with Crippen molar-refractivity contribution in [3.05, 3.63) is 53.9 Å². The summed E-state index contributed by atoms with van der Waals surface area (Å²) >= 11 is 0. The van der Waals surface area contributed by atoms with Gasteiger partial charge in [0.1, 0.15) is 5.75 Å². The molecule has 1 saturated heterocycles. The number of hydrogen-bond donors (Lipinski definition) is 1. The van der Waals surface area contributed by atoms with E-state index in [4.69, 9.17) is 4.74 Å². The molecule has 2 aromatic rings. The van der Waals surface area contributed by atoms with Gasteiger partial charge in [0.15, 0.2) is 0 Å². The molecule has 0 saturated carbocycles. The van der Waals surface area contributed by atoms with Crippen LogP contribution in [0.2, 0.25) is 0 Å². The second kappa shape index (κ2) is 12.5. The van der Waals surface area contributed by atoms with Crippen LogP contribution < -0.4 is 9.64 Å². The van der Waals surface area contributed by atoms with Crippen LogP contribution in [0.4, 0.5) is 5.69 Å². The molecule has 1 N–H and O–H groups in total. The van der Waals surface area contributed by atoms with Gasteiger partial charge in [-0.1, -0.05) is 52.2 Å². The number of carbonyl (C=O) groups is 2. The third kappa shape index (κ3) is 6.32. The number of carboxylic acid groups (broad SMARTS) is 1. The first-order valence-corrected chi connectivity index (χ1v) is 13.9. The molecule has 7 heteroatoms. The molecule has 0 radical (unpaired) electrons. The number of aromatic nitrogens is 1. The number of hydrogen-bond acceptors (Lipinski definition) is 5. The molecular formula is C30H41N3O4. The Morgan fingerprint density at radius 1 is 1.24 bits per heavy atom. The highest BCUT2D eigenvalue weighted by Crippen LogP contribution is 2.42. The molecule has 2 aliphatic rings. The Kier molecular flexibility index (Phi) is 9.19. The predicted molar refractivity (Wildman–Crippen MR) is 145 cm³/mol. The molecular weight excluding hydrogens is 466 g/mol. The molecule has 4 rings (SSSR count). The van der Waals surface area contributed by atoms with Gasteiger partial charge in [-0.05, 0) is 48.1 Å². The standard InChI is InChI=1S/C30H41N3O4/c1-4-6-14-33(24-9-7-13-31-18-24)28(34)20-32-19-25(22-10-11-27-23(17-22)12-15-37-27)29(30(35)36)26(32)16-21(3)8-5-2/h7,9-11,13,17-18,21,25-26,29H,4-6,8,12,14-16,19-20H2,1-3H3,(H,35,36)/t21?,25-,26+,29?/m1/s1. The summed E-state index contributed by atoms with van der Waals surface area (Å²) in [6.45, 7) is 8.54. The molecule has 0 bridgehead atoms. The molecule has 4 atom stereocenters. The van der Waals surface area contributed by atoms with Gasteiger partial charge in [0.2, 0.25) is 5.91 Å². The van der Waals surface area contributed by atoms with E-state index in [0.717, 1.165) is 61.1 Å². The zero-order chi connectivity index (χ0) is 26.4. The van der Waals surface area contributed by atoms with Crippen molar-refractivity contribution >= 4 is 17.6 Å². The lowest BCUT2D eigenvalue weighted by molar-refractivity contribution is -0.143. The fourth-order valence-corrected chi connectivity index (χ4v) is 6.07. The van der Waals surface area contributed by atoms with E-state index >= 15 is 0 Å². The van der Waals surface area contributed by atoms with E-state index in [1.807, 2.05) is 29.2 Å². The minimum absolute atomic E-state index is 0.00161. The van der Waals surface area contributed by atoms with E-state index in [2.05, 4.69) is 36.7 Å². The van der Waals surface area contributed by atoms with E-state index < -0.39 is 11.9 Å². The normalized spacial score (nSPS) is 21.9. The van der Waals surface area contributed by atoms with Crippen molar-refractivity contribution in [3.63, 3.8) is 0 Å². The molecule has 3 heterocycles. The maximum atomic E-state index is 13.7. The second-order valence-corrected chi connectivity index (χ2v) is 10.7. The SMILES string of the molecule is CCCCN(C(=O)CN1C[C@H](c2ccc3c(c2)CCO3)C(C(=O)O)[C@@H]1CC(C)CCC)c1cccnc1. The number of carbonyl (C=O) groups excluding carboxylic acids is 1. The number of aliphatic carboxylic acids is 1. The molecule has 2 aliphatic heterocycles. The number of unbranched alkanes of at least 4 members (excludes halogenated alkanes) is 1. The first kappa shape index (κ1) is 27.1. The zero-order valence-electron chi connectivity index (χ0n) is 22.4. The number of rotatable bonds is 12. The van der Waals surface area contributed by atoms with Crippen molar-refractivity contribution in [2.75, 3.05) is 31.1 Å². The number of pyridine rings is 1. The molecule has 1 aromatic carbocycles. The number of benzene rings is 1. The van der Waals surface area contributed by atoms with Crippen molar-refractivity contribution in [3.8, 4) is 5.75 Å². The lowest BCUT2D eigenvalue weighted by atomic mass is 9.81. The number of ether oxygens (including phenoxy) is 1. The van der Waals surface area contributed by atoms with Crippen LogP contribution in [0.25, 0.3) is 0 Å². The largest absolute Gasteiger partial charge is 0.493 e. The van der Waals surface area contributed by atoms with Crippen LogP contribution in [0.3, 0.4) is 0 Å². The molecule has 1 fully saturated rings. The van der Waals surface area contributed by atoms with Gasteiger partial charge in [0.05, 0.1) is 31.0 Å². The monoisotopic (exact) mass is 507 g/mol. The number of fused-ring (bicyclic) bond motifs is 1. The molecule has 200 valence electrons. The van der Waals surface area contributed by atoms with Crippen molar-refractivity contribution in [1.82, 2.24) is 9.88 Å². The highest BCUT2D eigenvalue weighted by molar-refractivity contribution is 5.94. The van der Waals surface area contributed by atoms with Gasteiger partial charge >= 0.3 is 5.97 Å². The molecule has 37 heavy (non-hydrogen) atoms. The van der Waals surface area contributed by atoms with Gasteiger partial charge in [-0.3, -0.25) is 19.5 Å². The third-order valence-corrected chi connectivity index (χ3v) is 7.93. The van der Waals surface area contributed by atoms with Gasteiger partial charge < -0.3 is 14.7 Å². The van der Waals surface area contributed by atoms with Gasteiger partial charge in [0, 0.05) is 37.7 Å². The lowest BCUT2D eigenvalue weighted by Gasteiger charge is -2.31. The number of anilines is 1. The number of nitrogens with zero attached hydrogens (tertiary/aromatic N) is 3. The van der Waals surface area contributed by atoms with Crippen LogP contribution in [0.15, 0.2) is 42.7 Å². The Hall–Kier alpha value is -2.93. The number of amides is 1. The smallest absolute Gasteiger partial charge is 0.308 e. The highest BCUT2D eigenvalue weighted by Gasteiger charge is 2.47. The Bertz CT molecular complexity index is 1060. The average molecular weight is 508 g/mol. The highest BCUT2D eigenvalue weighted by atomic mass is 16.5. The van der Waals surface area contributed by atoms with Crippen LogP contribution >= 0.6 is 0 Å². The summed E-state index contributed by atoms with van der Waals surface area (Å²) in [7, 11) is 0. The second-order valence-electron chi connectivity index (χ2n) is 10.7.